The summed E-state index contributed by atoms with van der Waals surface area (Å²) in [6, 6.07) is 0. The van der Waals surface area contributed by atoms with Crippen molar-refractivity contribution < 1.29 is 73.3 Å². The van der Waals surface area contributed by atoms with Crippen LogP contribution in [0.15, 0.2) is 60.8 Å². The van der Waals surface area contributed by atoms with Gasteiger partial charge in [0.2, 0.25) is 0 Å². The highest BCUT2D eigenvalue weighted by molar-refractivity contribution is 7.47. The van der Waals surface area contributed by atoms with Gasteiger partial charge < -0.3 is 50.1 Å². The predicted molar refractivity (Wildman–Crippen MR) is 242 cm³/mol. The van der Waals surface area contributed by atoms with Crippen molar-refractivity contribution in [2.24, 2.45) is 0 Å². The number of carbonyl (C=O) groups excluding carboxylic acids is 2. The highest BCUT2D eigenvalue weighted by atomic mass is 31.2. The van der Waals surface area contributed by atoms with Gasteiger partial charge in [-0.3, -0.25) is 18.6 Å². The topological polar surface area (TPSA) is 250 Å². The fraction of sp³-hybridized carbons (Fsp3) is 0.745. The van der Waals surface area contributed by atoms with Crippen LogP contribution in [0.2, 0.25) is 0 Å². The van der Waals surface area contributed by atoms with E-state index in [9.17, 15) is 54.8 Å². The standard InChI is InChI=1S/C47H81O15P/c1-3-5-7-9-11-12-13-14-15-16-17-18-19-20-21-25-30-34-41(51)61-37(36-60-63(57,58)62-47-45(55)43(53)42(52)44(54)46(47)56)35-59-40(50)33-29-26-22-24-28-32-39(49)38(48)31-27-23-10-8-6-4-2/h11-12,14-15,17-18,20-21,23,27,37-39,42-49,52-56H,3-10,13,16,19,22,24-26,28-36H2,1-2H3,(H,57,58)/b12-11-,15-14-,18-17-,21-20-,27-23-/t37-,38-,39-,42?,43-,44+,45-,46-,47?/m1/s1. The number of aliphatic hydroxyl groups excluding tert-OH is 7. The molecular formula is C47H81O15P. The van der Waals surface area contributed by atoms with Crippen molar-refractivity contribution in [1.29, 1.82) is 0 Å². The maximum absolute atomic E-state index is 12.8. The van der Waals surface area contributed by atoms with Gasteiger partial charge in [-0.15, -0.1) is 0 Å². The first-order chi connectivity index (χ1) is 30.2. The first-order valence-corrected chi connectivity index (χ1v) is 24.8. The van der Waals surface area contributed by atoms with Gasteiger partial charge in [-0.1, -0.05) is 126 Å². The lowest BCUT2D eigenvalue weighted by Gasteiger charge is -2.41. The Bertz CT molecular complexity index is 1370. The van der Waals surface area contributed by atoms with E-state index in [1.54, 1.807) is 0 Å². The summed E-state index contributed by atoms with van der Waals surface area (Å²) in [5.41, 5.74) is 0. The van der Waals surface area contributed by atoms with Crippen LogP contribution in [0.1, 0.15) is 155 Å². The van der Waals surface area contributed by atoms with Crippen LogP contribution in [0.25, 0.3) is 0 Å². The second kappa shape index (κ2) is 36.7. The van der Waals surface area contributed by atoms with Crippen molar-refractivity contribution in [3.63, 3.8) is 0 Å². The van der Waals surface area contributed by atoms with E-state index in [1.165, 1.54) is 25.7 Å². The van der Waals surface area contributed by atoms with Gasteiger partial charge in [-0.2, -0.15) is 0 Å². The molecule has 1 aliphatic rings. The molecule has 0 aromatic carbocycles. The second-order valence-electron chi connectivity index (χ2n) is 16.2. The Labute approximate surface area is 376 Å². The molecule has 0 aromatic heterocycles. The van der Waals surface area contributed by atoms with Crippen molar-refractivity contribution in [2.45, 2.75) is 210 Å². The van der Waals surface area contributed by atoms with Crippen molar-refractivity contribution in [2.75, 3.05) is 13.2 Å². The Balaban J connectivity index is 2.56. The normalized spacial score (nSPS) is 23.3. The molecule has 3 unspecified atom stereocenters. The Kier molecular flexibility index (Phi) is 34.0. The molecule has 8 N–H and O–H groups in total. The lowest BCUT2D eigenvalue weighted by Crippen LogP contribution is -2.64. The molecule has 63 heavy (non-hydrogen) atoms. The third kappa shape index (κ3) is 28.9. The second-order valence-corrected chi connectivity index (χ2v) is 17.6. The van der Waals surface area contributed by atoms with E-state index in [0.717, 1.165) is 64.2 Å². The van der Waals surface area contributed by atoms with Crippen molar-refractivity contribution in [3.05, 3.63) is 60.8 Å². The number of ether oxygens (including phenoxy) is 2. The highest BCUT2D eigenvalue weighted by Crippen LogP contribution is 2.47. The monoisotopic (exact) mass is 917 g/mol. The zero-order valence-corrected chi connectivity index (χ0v) is 38.7. The van der Waals surface area contributed by atoms with E-state index < -0.39 is 87.9 Å². The number of phosphoric ester groups is 1. The minimum absolute atomic E-state index is 0.0134. The van der Waals surface area contributed by atoms with E-state index in [2.05, 4.69) is 50.3 Å². The van der Waals surface area contributed by atoms with E-state index in [1.807, 2.05) is 24.3 Å². The Morgan fingerprint density at radius 1 is 0.556 bits per heavy atom. The number of hydrogen-bond donors (Lipinski definition) is 8. The van der Waals surface area contributed by atoms with Crippen LogP contribution in [0.3, 0.4) is 0 Å². The average molecular weight is 917 g/mol. The van der Waals surface area contributed by atoms with Gasteiger partial charge in [0.15, 0.2) is 6.10 Å². The van der Waals surface area contributed by atoms with Gasteiger partial charge in [0, 0.05) is 12.8 Å². The summed E-state index contributed by atoms with van der Waals surface area (Å²) in [7, 11) is -5.17. The molecule has 1 saturated carbocycles. The third-order valence-electron chi connectivity index (χ3n) is 10.5. The molecule has 0 aromatic rings. The number of carbonyl (C=O) groups is 2. The average Bonchev–Trinajstić information content (AvgIpc) is 3.26. The number of hydrogen-bond acceptors (Lipinski definition) is 14. The zero-order valence-electron chi connectivity index (χ0n) is 37.8. The largest absolute Gasteiger partial charge is 0.472 e. The fourth-order valence-electron chi connectivity index (χ4n) is 6.60. The lowest BCUT2D eigenvalue weighted by molar-refractivity contribution is -0.220. The number of allylic oxidation sites excluding steroid dienone is 9. The van der Waals surface area contributed by atoms with Crippen LogP contribution in [-0.4, -0.2) is 121 Å². The molecule has 0 radical (unpaired) electrons. The minimum Gasteiger partial charge on any atom is -0.462 e. The quantitative estimate of drug-likeness (QED) is 0.0137. The maximum Gasteiger partial charge on any atom is 0.472 e. The summed E-state index contributed by atoms with van der Waals surface area (Å²) < 4.78 is 33.4. The van der Waals surface area contributed by atoms with Crippen LogP contribution in [0.4, 0.5) is 0 Å². The molecule has 10 atom stereocenters. The smallest absolute Gasteiger partial charge is 0.462 e. The van der Waals surface area contributed by atoms with E-state index in [4.69, 9.17) is 18.5 Å². The number of rotatable bonds is 37. The van der Waals surface area contributed by atoms with Crippen LogP contribution < -0.4 is 0 Å². The van der Waals surface area contributed by atoms with Gasteiger partial charge in [0.05, 0.1) is 18.8 Å². The van der Waals surface area contributed by atoms with Gasteiger partial charge >= 0.3 is 19.8 Å². The number of esters is 2. The van der Waals surface area contributed by atoms with Crippen molar-refractivity contribution in [1.82, 2.24) is 0 Å². The summed E-state index contributed by atoms with van der Waals surface area (Å²) in [5, 5.41) is 70.6. The molecule has 0 spiro atoms. The summed E-state index contributed by atoms with van der Waals surface area (Å²) >= 11 is 0. The zero-order chi connectivity index (χ0) is 46.7. The van der Waals surface area contributed by atoms with Gasteiger partial charge in [0.1, 0.15) is 43.2 Å². The summed E-state index contributed by atoms with van der Waals surface area (Å²) in [6.45, 7) is 3.02. The molecule has 0 amide bonds. The Hall–Kier alpha value is -2.53. The van der Waals surface area contributed by atoms with Gasteiger partial charge in [-0.05, 0) is 77.0 Å². The molecule has 364 valence electrons. The Morgan fingerprint density at radius 3 is 1.60 bits per heavy atom. The summed E-state index contributed by atoms with van der Waals surface area (Å²) in [6.07, 6.45) is 22.9. The number of phosphoric acid groups is 1. The molecule has 0 saturated heterocycles. The molecule has 16 heteroatoms. The molecule has 1 aliphatic carbocycles. The van der Waals surface area contributed by atoms with Crippen molar-refractivity contribution in [3.8, 4) is 0 Å². The predicted octanol–water partition coefficient (Wildman–Crippen LogP) is 6.89. The Morgan fingerprint density at radius 2 is 1.03 bits per heavy atom. The van der Waals surface area contributed by atoms with E-state index in [0.29, 0.717) is 38.5 Å². The highest BCUT2D eigenvalue weighted by Gasteiger charge is 2.51. The fourth-order valence-corrected chi connectivity index (χ4v) is 7.57. The van der Waals surface area contributed by atoms with E-state index in [-0.39, 0.29) is 12.8 Å². The minimum atomic E-state index is -5.17. The molecule has 0 heterocycles. The summed E-state index contributed by atoms with van der Waals surface area (Å²) in [4.78, 5) is 35.7. The first-order valence-electron chi connectivity index (χ1n) is 23.3. The number of aliphatic hydroxyl groups is 7. The van der Waals surface area contributed by atoms with Gasteiger partial charge in [0.25, 0.3) is 0 Å². The molecule has 1 fully saturated rings. The molecule has 15 nitrogen and oxygen atoms in total. The maximum atomic E-state index is 12.8. The van der Waals surface area contributed by atoms with Crippen LogP contribution >= 0.6 is 7.82 Å². The van der Waals surface area contributed by atoms with Gasteiger partial charge in [-0.25, -0.2) is 4.57 Å². The van der Waals surface area contributed by atoms with E-state index >= 15 is 0 Å². The number of unbranched alkanes of at least 4 members (excludes halogenated alkanes) is 11. The van der Waals surface area contributed by atoms with Crippen molar-refractivity contribution >= 4 is 19.8 Å². The van der Waals surface area contributed by atoms with Crippen LogP contribution in [0.5, 0.6) is 0 Å². The summed E-state index contributed by atoms with van der Waals surface area (Å²) in [5.74, 6) is -1.28. The molecule has 0 aliphatic heterocycles. The lowest BCUT2D eigenvalue weighted by atomic mass is 9.85. The SMILES string of the molecule is CCCCC/C=C\C/C=C\C/C=C\C/C=C\CCCC(=O)O[C@H](COC(=O)CCCCCCC[C@@H](O)[C@H](O)C/C=C\CCCCC)COP(=O)(O)OC1[C@H](O)[C@H](O)C(O)[C@H](O)[C@H]1O. The first kappa shape index (κ1) is 58.5. The molecule has 0 bridgehead atoms. The van der Waals surface area contributed by atoms with Crippen LogP contribution in [-0.2, 0) is 32.7 Å². The molecule has 1 rings (SSSR count). The molecular weight excluding hydrogens is 835 g/mol. The van der Waals surface area contributed by atoms with Crippen LogP contribution in [0, 0.1) is 0 Å². The third-order valence-corrected chi connectivity index (χ3v) is 11.5.